The molecule has 0 saturated heterocycles. The van der Waals surface area contributed by atoms with Gasteiger partial charge in [0.2, 0.25) is 0 Å². The van der Waals surface area contributed by atoms with Crippen LogP contribution in [0.5, 0.6) is 11.5 Å². The van der Waals surface area contributed by atoms with Gasteiger partial charge in [0.25, 0.3) is 0 Å². The van der Waals surface area contributed by atoms with Crippen LogP contribution in [0.1, 0.15) is 11.1 Å². The molecule has 0 spiro atoms. The Morgan fingerprint density at radius 3 is 2.44 bits per heavy atom. The first-order valence-corrected chi connectivity index (χ1v) is 5.81. The first kappa shape index (κ1) is 12.9. The second kappa shape index (κ2) is 5.38. The van der Waals surface area contributed by atoms with Gasteiger partial charge in [-0.25, -0.2) is 4.39 Å². The Kier molecular flexibility index (Phi) is 3.84. The number of halogens is 2. The lowest BCUT2D eigenvalue weighted by atomic mass is 10.2. The number of aliphatic hydroxyl groups is 1. The van der Waals surface area contributed by atoms with Crippen LogP contribution in [-0.4, -0.2) is 5.11 Å². The average Bonchev–Trinajstić information content (AvgIpc) is 2.34. The van der Waals surface area contributed by atoms with Crippen molar-refractivity contribution in [1.82, 2.24) is 0 Å². The summed E-state index contributed by atoms with van der Waals surface area (Å²) in [5, 5.41) is 9.41. The number of hydrogen-bond acceptors (Lipinski definition) is 2. The maximum absolute atomic E-state index is 13.3. The number of ether oxygens (including phenoxy) is 1. The minimum atomic E-state index is -0.314. The smallest absolute Gasteiger partial charge is 0.130 e. The van der Waals surface area contributed by atoms with Crippen molar-refractivity contribution in [2.24, 2.45) is 0 Å². The maximum Gasteiger partial charge on any atom is 0.130 e. The Morgan fingerprint density at radius 1 is 1.17 bits per heavy atom. The quantitative estimate of drug-likeness (QED) is 0.907. The first-order valence-electron chi connectivity index (χ1n) is 5.43. The molecule has 0 aliphatic rings. The second-order valence-electron chi connectivity index (χ2n) is 3.92. The summed E-state index contributed by atoms with van der Waals surface area (Å²) in [6.07, 6.45) is 0. The monoisotopic (exact) mass is 266 g/mol. The van der Waals surface area contributed by atoms with Crippen LogP contribution in [0.25, 0.3) is 0 Å². The van der Waals surface area contributed by atoms with E-state index in [-0.39, 0.29) is 12.4 Å². The Bertz CT molecular complexity index is 570. The molecule has 0 heterocycles. The van der Waals surface area contributed by atoms with Crippen molar-refractivity contribution >= 4 is 11.6 Å². The minimum absolute atomic E-state index is 0.127. The SMILES string of the molecule is Cc1ccc(Oc2ccc(CO)c(Cl)c2)cc1F. The van der Waals surface area contributed by atoms with E-state index in [1.807, 2.05) is 0 Å². The van der Waals surface area contributed by atoms with E-state index in [2.05, 4.69) is 0 Å². The van der Waals surface area contributed by atoms with Crippen molar-refractivity contribution in [3.8, 4) is 11.5 Å². The van der Waals surface area contributed by atoms with Gasteiger partial charge in [-0.1, -0.05) is 23.7 Å². The molecule has 0 fully saturated rings. The third kappa shape index (κ3) is 2.81. The lowest BCUT2D eigenvalue weighted by molar-refractivity contribution is 0.282. The van der Waals surface area contributed by atoms with E-state index < -0.39 is 0 Å². The van der Waals surface area contributed by atoms with Crippen LogP contribution in [0.15, 0.2) is 36.4 Å². The van der Waals surface area contributed by atoms with Gasteiger partial charge in [-0.2, -0.15) is 0 Å². The highest BCUT2D eigenvalue weighted by molar-refractivity contribution is 6.31. The fraction of sp³-hybridized carbons (Fsp3) is 0.143. The van der Waals surface area contributed by atoms with Crippen molar-refractivity contribution in [3.05, 3.63) is 58.4 Å². The summed E-state index contributed by atoms with van der Waals surface area (Å²) in [5.41, 5.74) is 1.19. The molecule has 94 valence electrons. The standard InChI is InChI=1S/C14H12ClFO2/c1-9-2-4-12(7-14(9)16)18-11-5-3-10(8-17)13(15)6-11/h2-7,17H,8H2,1H3. The second-order valence-corrected chi connectivity index (χ2v) is 4.33. The topological polar surface area (TPSA) is 29.5 Å². The van der Waals surface area contributed by atoms with Crippen molar-refractivity contribution < 1.29 is 14.2 Å². The molecule has 0 radical (unpaired) electrons. The third-order valence-electron chi connectivity index (χ3n) is 2.57. The molecule has 0 aromatic heterocycles. The summed E-state index contributed by atoms with van der Waals surface area (Å²) < 4.78 is 18.8. The van der Waals surface area contributed by atoms with Crippen molar-refractivity contribution in [2.45, 2.75) is 13.5 Å². The van der Waals surface area contributed by atoms with Crippen LogP contribution < -0.4 is 4.74 Å². The summed E-state index contributed by atoms with van der Waals surface area (Å²) in [6, 6.07) is 9.59. The summed E-state index contributed by atoms with van der Waals surface area (Å²) in [5.74, 6) is 0.594. The van der Waals surface area contributed by atoms with Gasteiger partial charge in [-0.15, -0.1) is 0 Å². The fourth-order valence-corrected chi connectivity index (χ4v) is 1.72. The molecule has 0 unspecified atom stereocenters. The Morgan fingerprint density at radius 2 is 1.83 bits per heavy atom. The highest BCUT2D eigenvalue weighted by atomic mass is 35.5. The van der Waals surface area contributed by atoms with Gasteiger partial charge in [0.05, 0.1) is 6.61 Å². The highest BCUT2D eigenvalue weighted by Crippen LogP contribution is 2.27. The first-order chi connectivity index (χ1) is 8.60. The van der Waals surface area contributed by atoms with Gasteiger partial charge < -0.3 is 9.84 Å². The average molecular weight is 267 g/mol. The van der Waals surface area contributed by atoms with Crippen LogP contribution in [0.3, 0.4) is 0 Å². The molecule has 0 aliphatic heterocycles. The lowest BCUT2D eigenvalue weighted by Gasteiger charge is -2.08. The van der Waals surface area contributed by atoms with Crippen molar-refractivity contribution in [2.75, 3.05) is 0 Å². The van der Waals surface area contributed by atoms with E-state index in [9.17, 15) is 4.39 Å². The molecular formula is C14H12ClFO2. The van der Waals surface area contributed by atoms with Gasteiger partial charge >= 0.3 is 0 Å². The van der Waals surface area contributed by atoms with Crippen LogP contribution in [0, 0.1) is 12.7 Å². The van der Waals surface area contributed by atoms with Crippen LogP contribution in [0.2, 0.25) is 5.02 Å². The molecule has 2 nitrogen and oxygen atoms in total. The van der Waals surface area contributed by atoms with Crippen molar-refractivity contribution in [3.63, 3.8) is 0 Å². The number of aryl methyl sites for hydroxylation is 1. The van der Waals surface area contributed by atoms with Crippen LogP contribution in [-0.2, 0) is 6.61 Å². The number of benzene rings is 2. The summed E-state index contributed by atoms with van der Waals surface area (Å²) >= 11 is 5.94. The normalized spacial score (nSPS) is 10.4. The van der Waals surface area contributed by atoms with E-state index >= 15 is 0 Å². The maximum atomic E-state index is 13.3. The Hall–Kier alpha value is -1.58. The molecule has 2 aromatic rings. The van der Waals surface area contributed by atoms with E-state index in [0.717, 1.165) is 0 Å². The molecule has 2 rings (SSSR count). The predicted octanol–water partition coefficient (Wildman–Crippen LogP) is 4.07. The van der Waals surface area contributed by atoms with Gasteiger partial charge in [0, 0.05) is 11.1 Å². The van der Waals surface area contributed by atoms with Gasteiger partial charge in [0.1, 0.15) is 17.3 Å². The summed E-state index contributed by atoms with van der Waals surface area (Å²) in [7, 11) is 0. The van der Waals surface area contributed by atoms with Gasteiger partial charge in [-0.3, -0.25) is 0 Å². The highest BCUT2D eigenvalue weighted by Gasteiger charge is 2.04. The van der Waals surface area contributed by atoms with Crippen molar-refractivity contribution in [1.29, 1.82) is 0 Å². The minimum Gasteiger partial charge on any atom is -0.457 e. The van der Waals surface area contributed by atoms with Gasteiger partial charge in [0.15, 0.2) is 0 Å². The molecule has 1 N–H and O–H groups in total. The lowest BCUT2D eigenvalue weighted by Crippen LogP contribution is -1.89. The predicted molar refractivity (Wildman–Crippen MR) is 68.6 cm³/mol. The molecule has 0 saturated carbocycles. The largest absolute Gasteiger partial charge is 0.457 e. The van der Waals surface area contributed by atoms with Crippen LogP contribution in [0.4, 0.5) is 4.39 Å². The Labute approximate surface area is 110 Å². The zero-order valence-corrected chi connectivity index (χ0v) is 10.5. The number of rotatable bonds is 3. The summed E-state index contributed by atoms with van der Waals surface area (Å²) in [4.78, 5) is 0. The number of aliphatic hydroxyl groups excluding tert-OH is 1. The molecule has 4 heteroatoms. The fourth-order valence-electron chi connectivity index (χ4n) is 1.49. The molecule has 2 aromatic carbocycles. The molecule has 0 bridgehead atoms. The number of hydrogen-bond donors (Lipinski definition) is 1. The van der Waals surface area contributed by atoms with E-state index in [4.69, 9.17) is 21.4 Å². The molecule has 18 heavy (non-hydrogen) atoms. The van der Waals surface area contributed by atoms with E-state index in [1.54, 1.807) is 37.3 Å². The summed E-state index contributed by atoms with van der Waals surface area (Å²) in [6.45, 7) is 1.56. The zero-order chi connectivity index (χ0) is 13.1. The molecular weight excluding hydrogens is 255 g/mol. The zero-order valence-electron chi connectivity index (χ0n) is 9.78. The van der Waals surface area contributed by atoms with E-state index in [0.29, 0.717) is 27.6 Å². The molecule has 0 aliphatic carbocycles. The van der Waals surface area contributed by atoms with E-state index in [1.165, 1.54) is 6.07 Å². The Balaban J connectivity index is 2.23. The molecule has 0 amide bonds. The molecule has 0 atom stereocenters. The third-order valence-corrected chi connectivity index (χ3v) is 2.93. The van der Waals surface area contributed by atoms with Gasteiger partial charge in [-0.05, 0) is 36.2 Å². The van der Waals surface area contributed by atoms with Crippen LogP contribution >= 0.6 is 11.6 Å².